The van der Waals surface area contributed by atoms with Crippen LogP contribution < -0.4 is 9.46 Å². The smallest absolute Gasteiger partial charge is 0.410 e. The van der Waals surface area contributed by atoms with Crippen LogP contribution in [-0.4, -0.2) is 57.5 Å². The molecule has 10 heteroatoms. The lowest BCUT2D eigenvalue weighted by Crippen LogP contribution is -2.39. The highest BCUT2D eigenvalue weighted by Gasteiger charge is 2.33. The van der Waals surface area contributed by atoms with Crippen molar-refractivity contribution in [3.63, 3.8) is 0 Å². The number of cyclic esters (lactones) is 1. The van der Waals surface area contributed by atoms with E-state index in [4.69, 9.17) is 18.9 Å². The Balaban J connectivity index is 0.930. The fourth-order valence-corrected chi connectivity index (χ4v) is 6.58. The molecule has 0 bridgehead atoms. The van der Waals surface area contributed by atoms with Gasteiger partial charge in [-0.15, -0.1) is 0 Å². The molecule has 1 amide bonds. The van der Waals surface area contributed by atoms with Gasteiger partial charge in [-0.2, -0.15) is 0 Å². The number of hydrogen-bond donors (Lipinski definition) is 1. The predicted molar refractivity (Wildman–Crippen MR) is 162 cm³/mol. The van der Waals surface area contributed by atoms with E-state index in [0.29, 0.717) is 44.9 Å². The summed E-state index contributed by atoms with van der Waals surface area (Å²) in [7, 11) is -3.50. The van der Waals surface area contributed by atoms with Crippen molar-refractivity contribution in [1.29, 1.82) is 0 Å². The van der Waals surface area contributed by atoms with Crippen LogP contribution in [0.5, 0.6) is 5.75 Å². The molecule has 5 rings (SSSR count). The van der Waals surface area contributed by atoms with E-state index in [-0.39, 0.29) is 23.1 Å². The summed E-state index contributed by atoms with van der Waals surface area (Å²) in [6.07, 6.45) is 6.80. The van der Waals surface area contributed by atoms with E-state index in [2.05, 4.69) is 16.6 Å². The summed E-state index contributed by atoms with van der Waals surface area (Å²) < 4.78 is 50.8. The molecule has 3 aliphatic rings. The number of nitrogens with zero attached hydrogens (tertiary/aromatic N) is 1. The minimum absolute atomic E-state index is 0.0557. The lowest BCUT2D eigenvalue weighted by atomic mass is 9.94. The number of benzene rings is 2. The van der Waals surface area contributed by atoms with Crippen molar-refractivity contribution >= 4 is 16.1 Å². The number of unbranched alkanes of at least 4 members (excludes halogenated alkanes) is 3. The van der Waals surface area contributed by atoms with Crippen LogP contribution in [0.25, 0.3) is 0 Å². The Morgan fingerprint density at radius 2 is 1.91 bits per heavy atom. The molecule has 43 heavy (non-hydrogen) atoms. The molecule has 2 aromatic carbocycles. The van der Waals surface area contributed by atoms with Crippen LogP contribution >= 0.6 is 0 Å². The van der Waals surface area contributed by atoms with E-state index in [1.54, 1.807) is 23.1 Å². The highest BCUT2D eigenvalue weighted by atomic mass is 32.2. The maximum Gasteiger partial charge on any atom is 0.410 e. The third kappa shape index (κ3) is 8.73. The van der Waals surface area contributed by atoms with E-state index < -0.39 is 15.8 Å². The quantitative estimate of drug-likeness (QED) is 0.230. The van der Waals surface area contributed by atoms with Crippen LogP contribution in [0.4, 0.5) is 4.79 Å². The fraction of sp³-hybridized carbons (Fsp3) is 0.545. The van der Waals surface area contributed by atoms with Crippen LogP contribution in [0.3, 0.4) is 0 Å². The van der Waals surface area contributed by atoms with Crippen LogP contribution in [0.15, 0.2) is 47.4 Å². The zero-order chi connectivity index (χ0) is 30.3. The fourth-order valence-electron chi connectivity index (χ4n) is 5.23. The Labute approximate surface area is 255 Å². The molecule has 1 aliphatic carbocycles. The van der Waals surface area contributed by atoms with Gasteiger partial charge in [0.05, 0.1) is 24.7 Å². The number of rotatable bonds is 13. The van der Waals surface area contributed by atoms with Gasteiger partial charge in [-0.25, -0.2) is 17.9 Å². The number of carbonyl (C=O) groups excluding carboxylic acids is 1. The van der Waals surface area contributed by atoms with Gasteiger partial charge in [0, 0.05) is 50.6 Å². The van der Waals surface area contributed by atoms with Crippen molar-refractivity contribution in [2.75, 3.05) is 26.3 Å². The van der Waals surface area contributed by atoms with Gasteiger partial charge in [0.2, 0.25) is 15.8 Å². The first-order valence-corrected chi connectivity index (χ1v) is 16.8. The Morgan fingerprint density at radius 1 is 1.07 bits per heavy atom. The van der Waals surface area contributed by atoms with Gasteiger partial charge in [-0.05, 0) is 61.6 Å². The summed E-state index contributed by atoms with van der Waals surface area (Å²) in [4.78, 5) is 14.5. The lowest BCUT2D eigenvalue weighted by Gasteiger charge is -2.32. The van der Waals surface area contributed by atoms with Crippen molar-refractivity contribution in [3.05, 3.63) is 59.2 Å². The van der Waals surface area contributed by atoms with Gasteiger partial charge < -0.3 is 23.8 Å². The molecule has 2 aromatic rings. The van der Waals surface area contributed by atoms with Gasteiger partial charge in [0.15, 0.2) is 0 Å². The van der Waals surface area contributed by atoms with Crippen LogP contribution in [0, 0.1) is 11.8 Å². The number of carbonyl (C=O) groups is 1. The van der Waals surface area contributed by atoms with Gasteiger partial charge in [-0.3, -0.25) is 0 Å². The number of ether oxygens (including phenoxy) is 4. The third-order valence-corrected chi connectivity index (χ3v) is 9.44. The molecule has 0 spiro atoms. The standard InChI is InChI=1S/C33H42N2O7S/c1-33(2)40-24-27-22-26(16-17-30(27)42-33)31-23-35(32(36)41-31)18-6-3-4-7-19-39-20-8-5-11-25-12-9-15-29(21-25)43(37,38)34-28-13-10-14-28/h9,12,15-17,21-22,28,31,34H,3-4,6-8,10,13-14,18-20,23-24H2,1-2H3. The molecule has 0 radical (unpaired) electrons. The molecule has 9 nitrogen and oxygen atoms in total. The lowest BCUT2D eigenvalue weighted by molar-refractivity contribution is -0.180. The normalized spacial score (nSPS) is 19.5. The van der Waals surface area contributed by atoms with E-state index in [1.807, 2.05) is 38.1 Å². The summed E-state index contributed by atoms with van der Waals surface area (Å²) in [6, 6.07) is 12.7. The molecular weight excluding hydrogens is 568 g/mol. The number of nitrogens with one attached hydrogen (secondary N) is 1. The molecule has 232 valence electrons. The van der Waals surface area contributed by atoms with Gasteiger partial charge in [0.1, 0.15) is 11.9 Å². The average molecular weight is 611 g/mol. The molecule has 0 aromatic heterocycles. The molecule has 2 heterocycles. The van der Waals surface area contributed by atoms with Crippen molar-refractivity contribution in [3.8, 4) is 17.6 Å². The van der Waals surface area contributed by atoms with E-state index in [1.165, 1.54) is 0 Å². The topological polar surface area (TPSA) is 103 Å². The second-order valence-electron chi connectivity index (χ2n) is 11.8. The number of amides is 1. The molecular formula is C33H42N2O7S. The summed E-state index contributed by atoms with van der Waals surface area (Å²) >= 11 is 0. The highest BCUT2D eigenvalue weighted by Crippen LogP contribution is 2.35. The minimum atomic E-state index is -3.50. The second kappa shape index (κ2) is 14.1. The SMILES string of the molecule is CC1(C)OCc2cc(C3CN(CCCCCCOCCC#Cc4cccc(S(=O)(=O)NC5CCC5)c4)C(=O)O3)ccc2O1. The van der Waals surface area contributed by atoms with Crippen molar-refractivity contribution in [2.45, 2.75) is 94.6 Å². The third-order valence-electron chi connectivity index (χ3n) is 7.92. The van der Waals surface area contributed by atoms with Crippen molar-refractivity contribution in [2.24, 2.45) is 0 Å². The summed E-state index contributed by atoms with van der Waals surface area (Å²) in [6.45, 7) is 6.68. The Kier molecular flexibility index (Phi) is 10.3. The monoisotopic (exact) mass is 610 g/mol. The Hall–Kier alpha value is -3.10. The first-order chi connectivity index (χ1) is 20.7. The van der Waals surface area contributed by atoms with Crippen LogP contribution in [-0.2, 0) is 30.8 Å². The summed E-state index contributed by atoms with van der Waals surface area (Å²) in [5.74, 6) is 6.29. The van der Waals surface area contributed by atoms with E-state index in [9.17, 15) is 13.2 Å². The van der Waals surface area contributed by atoms with Gasteiger partial charge in [-0.1, -0.05) is 43.2 Å². The van der Waals surface area contributed by atoms with Crippen LogP contribution in [0.2, 0.25) is 0 Å². The summed E-state index contributed by atoms with van der Waals surface area (Å²) in [5.41, 5.74) is 2.61. The van der Waals surface area contributed by atoms with E-state index in [0.717, 1.165) is 61.8 Å². The molecule has 1 unspecified atom stereocenters. The first-order valence-electron chi connectivity index (χ1n) is 15.3. The van der Waals surface area contributed by atoms with Gasteiger partial charge >= 0.3 is 6.09 Å². The summed E-state index contributed by atoms with van der Waals surface area (Å²) in [5, 5.41) is 0. The average Bonchev–Trinajstić information content (AvgIpc) is 3.33. The van der Waals surface area contributed by atoms with Crippen LogP contribution in [0.1, 0.15) is 88.0 Å². The first kappa shape index (κ1) is 31.3. The molecule has 1 saturated heterocycles. The zero-order valence-corrected chi connectivity index (χ0v) is 25.9. The van der Waals surface area contributed by atoms with Crippen molar-refractivity contribution in [1.82, 2.24) is 9.62 Å². The Bertz CT molecular complexity index is 1440. The highest BCUT2D eigenvalue weighted by molar-refractivity contribution is 7.89. The number of hydrogen-bond acceptors (Lipinski definition) is 7. The largest absolute Gasteiger partial charge is 0.463 e. The molecule has 1 atom stereocenters. The molecule has 2 aliphatic heterocycles. The number of sulfonamides is 1. The Morgan fingerprint density at radius 3 is 2.72 bits per heavy atom. The minimum Gasteiger partial charge on any atom is -0.463 e. The molecule has 1 saturated carbocycles. The molecule has 1 N–H and O–H groups in total. The van der Waals surface area contributed by atoms with Crippen molar-refractivity contribution < 1.29 is 32.2 Å². The maximum atomic E-state index is 12.5. The maximum absolute atomic E-state index is 12.5. The second-order valence-corrected chi connectivity index (χ2v) is 13.5. The predicted octanol–water partition coefficient (Wildman–Crippen LogP) is 5.67. The zero-order valence-electron chi connectivity index (χ0n) is 25.1. The van der Waals surface area contributed by atoms with Gasteiger partial charge in [0.25, 0.3) is 0 Å². The van der Waals surface area contributed by atoms with E-state index >= 15 is 0 Å². The molecule has 2 fully saturated rings. The number of fused-ring (bicyclic) bond motifs is 1.